The number of hydrogen-bond donors (Lipinski definition) is 2. The zero-order chi connectivity index (χ0) is 18.8. The first-order valence-electron chi connectivity index (χ1n) is 10.4. The number of phenolic OH excluding ortho intramolecular Hbond substituents is 1. The van der Waals surface area contributed by atoms with Crippen LogP contribution in [0.2, 0.25) is 0 Å². The molecule has 0 bridgehead atoms. The van der Waals surface area contributed by atoms with Crippen molar-refractivity contribution in [1.29, 1.82) is 0 Å². The van der Waals surface area contributed by atoms with Gasteiger partial charge in [0.25, 0.3) is 0 Å². The Labute approximate surface area is 160 Å². The van der Waals surface area contributed by atoms with Crippen molar-refractivity contribution in [3.8, 4) is 5.75 Å². The van der Waals surface area contributed by atoms with Gasteiger partial charge in [0.2, 0.25) is 0 Å². The van der Waals surface area contributed by atoms with Crippen molar-refractivity contribution in [2.24, 2.45) is 17.3 Å². The summed E-state index contributed by atoms with van der Waals surface area (Å²) in [5, 5.41) is 20.9. The monoisotopic (exact) mass is 364 g/mol. The predicted octanol–water partition coefficient (Wildman–Crippen LogP) is 4.65. The van der Waals surface area contributed by atoms with Gasteiger partial charge in [0.15, 0.2) is 5.78 Å². The van der Waals surface area contributed by atoms with E-state index in [0.29, 0.717) is 24.0 Å². The molecular formula is C24H28O3. The van der Waals surface area contributed by atoms with Gasteiger partial charge in [-0.05, 0) is 90.7 Å². The highest BCUT2D eigenvalue weighted by Gasteiger charge is 2.56. The maximum atomic E-state index is 12.0. The third-order valence-electron chi connectivity index (χ3n) is 7.95. The maximum absolute atomic E-state index is 12.0. The summed E-state index contributed by atoms with van der Waals surface area (Å²) >= 11 is 0. The zero-order valence-electron chi connectivity index (χ0n) is 15.9. The lowest BCUT2D eigenvalue weighted by atomic mass is 9.53. The molecule has 4 aliphatic rings. The van der Waals surface area contributed by atoms with E-state index >= 15 is 0 Å². The average Bonchev–Trinajstić information content (AvgIpc) is 2.95. The van der Waals surface area contributed by atoms with Crippen molar-refractivity contribution >= 4 is 5.78 Å². The van der Waals surface area contributed by atoms with Crippen LogP contribution in [0.15, 0.2) is 47.1 Å². The van der Waals surface area contributed by atoms with Crippen LogP contribution in [0.25, 0.3) is 0 Å². The maximum Gasteiger partial charge on any atom is 0.156 e. The molecule has 1 aromatic rings. The third kappa shape index (κ3) is 2.55. The minimum absolute atomic E-state index is 0.0590. The van der Waals surface area contributed by atoms with E-state index in [4.69, 9.17) is 0 Å². The minimum Gasteiger partial charge on any atom is -0.508 e. The highest BCUT2D eigenvalue weighted by molar-refractivity contribution is 5.93. The standard InChI is InChI=1S/C24H28O3/c1-24-13-20(14-3-2-4-16(25)11-14)23-18-8-6-17(26)12-15(18)5-7-19(23)21(24)9-10-22(24)27/h2-4,11-12,19-22,25,27H,5-10,13H2,1H3/t19-,20?,21-,22?,24-/m0/s1. The number of benzene rings is 1. The first kappa shape index (κ1) is 17.2. The smallest absolute Gasteiger partial charge is 0.156 e. The molecule has 4 aliphatic carbocycles. The molecule has 0 aromatic heterocycles. The summed E-state index contributed by atoms with van der Waals surface area (Å²) in [6.07, 6.45) is 8.13. The van der Waals surface area contributed by atoms with Crippen molar-refractivity contribution in [3.05, 3.63) is 52.6 Å². The Bertz CT molecular complexity index is 864. The lowest BCUT2D eigenvalue weighted by Gasteiger charge is -2.52. The lowest BCUT2D eigenvalue weighted by molar-refractivity contribution is -0.114. The number of ketones is 1. The van der Waals surface area contributed by atoms with Crippen LogP contribution < -0.4 is 0 Å². The summed E-state index contributed by atoms with van der Waals surface area (Å²) in [7, 11) is 0. The van der Waals surface area contributed by atoms with Crippen molar-refractivity contribution in [2.45, 2.75) is 63.9 Å². The normalized spacial score (nSPS) is 38.1. The fourth-order valence-electron chi connectivity index (χ4n) is 6.67. The number of allylic oxidation sites excluding steroid dienone is 4. The molecule has 1 aromatic carbocycles. The number of phenols is 1. The molecule has 2 N–H and O–H groups in total. The molecule has 3 heteroatoms. The molecule has 142 valence electrons. The van der Waals surface area contributed by atoms with Crippen LogP contribution in [-0.2, 0) is 4.79 Å². The molecular weight excluding hydrogens is 336 g/mol. The molecule has 5 atom stereocenters. The van der Waals surface area contributed by atoms with Crippen LogP contribution in [0.4, 0.5) is 0 Å². The second kappa shape index (κ2) is 6.07. The number of rotatable bonds is 1. The van der Waals surface area contributed by atoms with Crippen LogP contribution in [0, 0.1) is 17.3 Å². The quantitative estimate of drug-likeness (QED) is 0.762. The minimum atomic E-state index is -0.237. The van der Waals surface area contributed by atoms with E-state index in [1.165, 1.54) is 16.7 Å². The number of aliphatic hydroxyl groups is 1. The number of aliphatic hydroxyl groups excluding tert-OH is 1. The Morgan fingerprint density at radius 1 is 1.11 bits per heavy atom. The first-order valence-corrected chi connectivity index (χ1v) is 10.4. The largest absolute Gasteiger partial charge is 0.508 e. The predicted molar refractivity (Wildman–Crippen MR) is 104 cm³/mol. The van der Waals surface area contributed by atoms with Gasteiger partial charge in [0, 0.05) is 12.3 Å². The molecule has 5 rings (SSSR count). The number of carbonyl (C=O) groups excluding carboxylic acids is 1. The molecule has 27 heavy (non-hydrogen) atoms. The summed E-state index contributed by atoms with van der Waals surface area (Å²) in [6.45, 7) is 2.28. The molecule has 0 heterocycles. The van der Waals surface area contributed by atoms with Crippen molar-refractivity contribution in [3.63, 3.8) is 0 Å². The molecule has 0 aliphatic heterocycles. The Morgan fingerprint density at radius 2 is 1.96 bits per heavy atom. The van der Waals surface area contributed by atoms with E-state index in [0.717, 1.165) is 44.1 Å². The van der Waals surface area contributed by atoms with Gasteiger partial charge in [-0.1, -0.05) is 24.6 Å². The molecule has 3 nitrogen and oxygen atoms in total. The lowest BCUT2D eigenvalue weighted by Crippen LogP contribution is -2.45. The van der Waals surface area contributed by atoms with Gasteiger partial charge in [-0.3, -0.25) is 4.79 Å². The van der Waals surface area contributed by atoms with Crippen LogP contribution in [0.1, 0.15) is 63.4 Å². The fraction of sp³-hybridized carbons (Fsp3) is 0.542. The summed E-state index contributed by atoms with van der Waals surface area (Å²) in [5.41, 5.74) is 5.28. The number of hydrogen-bond acceptors (Lipinski definition) is 3. The number of aromatic hydroxyl groups is 1. The van der Waals surface area contributed by atoms with Crippen LogP contribution in [-0.4, -0.2) is 22.1 Å². The molecule has 0 amide bonds. The zero-order valence-corrected chi connectivity index (χ0v) is 15.9. The number of carbonyl (C=O) groups is 1. The van der Waals surface area contributed by atoms with Crippen LogP contribution >= 0.6 is 0 Å². The van der Waals surface area contributed by atoms with Crippen molar-refractivity contribution in [1.82, 2.24) is 0 Å². The molecule has 2 saturated carbocycles. The molecule has 2 fully saturated rings. The third-order valence-corrected chi connectivity index (χ3v) is 7.95. The van der Waals surface area contributed by atoms with E-state index in [1.807, 2.05) is 18.2 Å². The molecule has 0 radical (unpaired) electrons. The molecule has 2 unspecified atom stereocenters. The van der Waals surface area contributed by atoms with Crippen LogP contribution in [0.3, 0.4) is 0 Å². The highest BCUT2D eigenvalue weighted by Crippen LogP contribution is 2.63. The topological polar surface area (TPSA) is 57.5 Å². The summed E-state index contributed by atoms with van der Waals surface area (Å²) in [6, 6.07) is 7.66. The first-order chi connectivity index (χ1) is 13.0. The van der Waals surface area contributed by atoms with E-state index in [2.05, 4.69) is 13.0 Å². The Morgan fingerprint density at radius 3 is 2.78 bits per heavy atom. The van der Waals surface area contributed by atoms with Gasteiger partial charge < -0.3 is 10.2 Å². The number of fused-ring (bicyclic) bond motifs is 4. The second-order valence-corrected chi connectivity index (χ2v) is 9.27. The van der Waals surface area contributed by atoms with E-state index in [1.54, 1.807) is 6.07 Å². The van der Waals surface area contributed by atoms with Crippen molar-refractivity contribution in [2.75, 3.05) is 0 Å². The molecule has 0 spiro atoms. The Hall–Kier alpha value is -1.87. The molecule has 0 saturated heterocycles. The summed E-state index contributed by atoms with van der Waals surface area (Å²) in [5.74, 6) is 1.82. The SMILES string of the molecule is C[C@]12CC(c3cccc(O)c3)C3=C4CCC(=O)C=C4CC[C@H]3[C@@H]1CCC2O. The van der Waals surface area contributed by atoms with Crippen LogP contribution in [0.5, 0.6) is 5.75 Å². The van der Waals surface area contributed by atoms with Gasteiger partial charge in [0.05, 0.1) is 6.10 Å². The van der Waals surface area contributed by atoms with Gasteiger partial charge in [-0.15, -0.1) is 0 Å². The van der Waals surface area contributed by atoms with E-state index < -0.39 is 0 Å². The highest BCUT2D eigenvalue weighted by atomic mass is 16.3. The summed E-state index contributed by atoms with van der Waals surface area (Å²) in [4.78, 5) is 12.0. The van der Waals surface area contributed by atoms with E-state index in [-0.39, 0.29) is 23.2 Å². The summed E-state index contributed by atoms with van der Waals surface area (Å²) < 4.78 is 0. The fourth-order valence-corrected chi connectivity index (χ4v) is 6.67. The van der Waals surface area contributed by atoms with E-state index in [9.17, 15) is 15.0 Å². The second-order valence-electron chi connectivity index (χ2n) is 9.27. The van der Waals surface area contributed by atoms with Gasteiger partial charge >= 0.3 is 0 Å². The average molecular weight is 364 g/mol. The van der Waals surface area contributed by atoms with Gasteiger partial charge in [-0.2, -0.15) is 0 Å². The van der Waals surface area contributed by atoms with Gasteiger partial charge in [0.1, 0.15) is 5.75 Å². The van der Waals surface area contributed by atoms with Crippen molar-refractivity contribution < 1.29 is 15.0 Å². The van der Waals surface area contributed by atoms with Gasteiger partial charge in [-0.25, -0.2) is 0 Å². The Kier molecular flexibility index (Phi) is 3.87. The Balaban J connectivity index is 1.69.